The molecule has 0 radical (unpaired) electrons. The quantitative estimate of drug-likeness (QED) is 0.747. The molecule has 0 saturated carbocycles. The summed E-state index contributed by atoms with van der Waals surface area (Å²) in [7, 11) is 0. The minimum atomic E-state index is 0.103. The lowest BCUT2D eigenvalue weighted by atomic mass is 10.2. The van der Waals surface area contributed by atoms with Gasteiger partial charge in [0.05, 0.1) is 10.7 Å². The average molecular weight is 320 g/mol. The van der Waals surface area contributed by atoms with Crippen LogP contribution >= 0.6 is 23.1 Å². The van der Waals surface area contributed by atoms with Gasteiger partial charge >= 0.3 is 0 Å². The van der Waals surface area contributed by atoms with Crippen molar-refractivity contribution in [3.63, 3.8) is 0 Å². The second-order valence-corrected chi connectivity index (χ2v) is 6.76. The molecule has 1 amide bonds. The molecule has 112 valence electrons. The minimum Gasteiger partial charge on any atom is -0.339 e. The smallest absolute Gasteiger partial charge is 0.253 e. The zero-order chi connectivity index (χ0) is 15.2. The van der Waals surface area contributed by atoms with Crippen molar-refractivity contribution >= 4 is 29.0 Å². The lowest BCUT2D eigenvalue weighted by molar-refractivity contribution is 0.0773. The van der Waals surface area contributed by atoms with Gasteiger partial charge in [0.25, 0.3) is 5.91 Å². The number of rotatable bonds is 6. The van der Waals surface area contributed by atoms with Gasteiger partial charge in [0, 0.05) is 34.7 Å². The Kier molecular flexibility index (Phi) is 5.82. The maximum absolute atomic E-state index is 12.2. The number of nitrogens with zero attached hydrogens (tertiary/aromatic N) is 2. The predicted octanol–water partition coefficient (Wildman–Crippen LogP) is 4.23. The molecule has 21 heavy (non-hydrogen) atoms. The summed E-state index contributed by atoms with van der Waals surface area (Å²) in [5.74, 6) is 0.972. The second-order valence-electron chi connectivity index (χ2n) is 4.65. The van der Waals surface area contributed by atoms with Gasteiger partial charge in [0.2, 0.25) is 0 Å². The fraction of sp³-hybridized carbons (Fsp3) is 0.375. The predicted molar refractivity (Wildman–Crippen MR) is 90.1 cm³/mol. The number of carbonyl (C=O) groups excluding carboxylic acids is 1. The van der Waals surface area contributed by atoms with E-state index in [1.54, 1.807) is 23.1 Å². The first kappa shape index (κ1) is 16.0. The van der Waals surface area contributed by atoms with Gasteiger partial charge in [-0.25, -0.2) is 4.98 Å². The number of carbonyl (C=O) groups is 1. The molecule has 0 saturated heterocycles. The van der Waals surface area contributed by atoms with Crippen molar-refractivity contribution in [3.8, 4) is 0 Å². The van der Waals surface area contributed by atoms with E-state index in [1.807, 2.05) is 49.9 Å². The third-order valence-electron chi connectivity index (χ3n) is 3.21. The van der Waals surface area contributed by atoms with E-state index < -0.39 is 0 Å². The van der Waals surface area contributed by atoms with Gasteiger partial charge in [-0.2, -0.15) is 0 Å². The third kappa shape index (κ3) is 4.32. The third-order valence-corrected chi connectivity index (χ3v) is 5.07. The average Bonchev–Trinajstić information content (AvgIpc) is 2.92. The number of thioether (sulfide) groups is 1. The molecule has 5 heteroatoms. The Balaban J connectivity index is 1.97. The number of thiazole rings is 1. The fourth-order valence-electron chi connectivity index (χ4n) is 2.02. The normalized spacial score (nSPS) is 10.6. The molecule has 0 unspecified atom stereocenters. The number of amides is 1. The van der Waals surface area contributed by atoms with Crippen LogP contribution in [0.25, 0.3) is 0 Å². The summed E-state index contributed by atoms with van der Waals surface area (Å²) in [6.07, 6.45) is 0. The van der Waals surface area contributed by atoms with Crippen molar-refractivity contribution in [2.75, 3.05) is 13.1 Å². The fourth-order valence-corrected chi connectivity index (χ4v) is 3.53. The molecular weight excluding hydrogens is 300 g/mol. The summed E-state index contributed by atoms with van der Waals surface area (Å²) in [6, 6.07) is 7.85. The largest absolute Gasteiger partial charge is 0.339 e. The van der Waals surface area contributed by atoms with E-state index in [-0.39, 0.29) is 5.91 Å². The van der Waals surface area contributed by atoms with Crippen LogP contribution in [-0.4, -0.2) is 28.9 Å². The molecule has 0 aliphatic carbocycles. The molecule has 3 nitrogen and oxygen atoms in total. The van der Waals surface area contributed by atoms with Crippen molar-refractivity contribution in [1.82, 2.24) is 9.88 Å². The molecule has 1 aromatic heterocycles. The SMILES string of the molecule is CCN(CC)C(=O)c1ccc(SCc2csc(C)n2)cc1. The van der Waals surface area contributed by atoms with E-state index in [4.69, 9.17) is 0 Å². The summed E-state index contributed by atoms with van der Waals surface area (Å²) in [6.45, 7) is 7.51. The summed E-state index contributed by atoms with van der Waals surface area (Å²) < 4.78 is 0. The Morgan fingerprint density at radius 2 is 1.90 bits per heavy atom. The van der Waals surface area contributed by atoms with Gasteiger partial charge in [0.15, 0.2) is 0 Å². The number of hydrogen-bond donors (Lipinski definition) is 0. The number of aromatic nitrogens is 1. The molecule has 1 heterocycles. The Morgan fingerprint density at radius 1 is 1.24 bits per heavy atom. The monoisotopic (exact) mass is 320 g/mol. The van der Waals surface area contributed by atoms with Gasteiger partial charge in [-0.1, -0.05) is 0 Å². The van der Waals surface area contributed by atoms with E-state index in [0.29, 0.717) is 0 Å². The first-order valence-electron chi connectivity index (χ1n) is 7.07. The van der Waals surface area contributed by atoms with Crippen LogP contribution in [0.2, 0.25) is 0 Å². The topological polar surface area (TPSA) is 33.2 Å². The summed E-state index contributed by atoms with van der Waals surface area (Å²) in [5, 5.41) is 3.20. The first-order valence-corrected chi connectivity index (χ1v) is 8.93. The van der Waals surface area contributed by atoms with Crippen LogP contribution in [0, 0.1) is 6.92 Å². The molecule has 0 aliphatic heterocycles. The highest BCUT2D eigenvalue weighted by Gasteiger charge is 2.11. The van der Waals surface area contributed by atoms with Gasteiger partial charge < -0.3 is 4.90 Å². The minimum absolute atomic E-state index is 0.103. The van der Waals surface area contributed by atoms with Crippen LogP contribution in [0.3, 0.4) is 0 Å². The maximum Gasteiger partial charge on any atom is 0.253 e. The summed E-state index contributed by atoms with van der Waals surface area (Å²) in [4.78, 5) is 19.7. The van der Waals surface area contributed by atoms with Crippen molar-refractivity contribution in [2.45, 2.75) is 31.4 Å². The molecule has 0 bridgehead atoms. The van der Waals surface area contributed by atoms with Gasteiger partial charge in [0.1, 0.15) is 0 Å². The van der Waals surface area contributed by atoms with Crippen molar-refractivity contribution in [2.24, 2.45) is 0 Å². The molecule has 2 aromatic rings. The number of hydrogen-bond acceptors (Lipinski definition) is 4. The first-order chi connectivity index (χ1) is 10.1. The molecule has 0 spiro atoms. The van der Waals surface area contributed by atoms with Crippen LogP contribution in [0.15, 0.2) is 34.5 Å². The number of aryl methyl sites for hydroxylation is 1. The summed E-state index contributed by atoms with van der Waals surface area (Å²) >= 11 is 3.43. The van der Waals surface area contributed by atoms with Gasteiger partial charge in [-0.15, -0.1) is 23.1 Å². The molecule has 0 fully saturated rings. The lowest BCUT2D eigenvalue weighted by Crippen LogP contribution is -2.30. The van der Waals surface area contributed by atoms with Crippen molar-refractivity contribution < 1.29 is 4.79 Å². The van der Waals surface area contributed by atoms with Crippen LogP contribution in [0.4, 0.5) is 0 Å². The van der Waals surface area contributed by atoms with E-state index in [0.717, 1.165) is 40.0 Å². The lowest BCUT2D eigenvalue weighted by Gasteiger charge is -2.18. The number of benzene rings is 1. The van der Waals surface area contributed by atoms with Crippen LogP contribution in [0.5, 0.6) is 0 Å². The van der Waals surface area contributed by atoms with E-state index in [2.05, 4.69) is 10.4 Å². The van der Waals surface area contributed by atoms with E-state index in [1.165, 1.54) is 0 Å². The molecular formula is C16H20N2OS2. The van der Waals surface area contributed by atoms with Crippen molar-refractivity contribution in [1.29, 1.82) is 0 Å². The molecule has 0 aliphatic rings. The highest BCUT2D eigenvalue weighted by atomic mass is 32.2. The Bertz CT molecular complexity index is 589. The zero-order valence-electron chi connectivity index (χ0n) is 12.6. The highest BCUT2D eigenvalue weighted by molar-refractivity contribution is 7.98. The van der Waals surface area contributed by atoms with Gasteiger partial charge in [-0.05, 0) is 45.0 Å². The Morgan fingerprint density at radius 3 is 2.43 bits per heavy atom. The van der Waals surface area contributed by atoms with Crippen LogP contribution in [0.1, 0.15) is 34.9 Å². The molecule has 2 rings (SSSR count). The standard InChI is InChI=1S/C16H20N2OS2/c1-4-18(5-2)16(19)13-6-8-15(9-7-13)21-11-14-10-20-12(3)17-14/h6-10H,4-5,11H2,1-3H3. The van der Waals surface area contributed by atoms with Gasteiger partial charge in [-0.3, -0.25) is 4.79 Å². The van der Waals surface area contributed by atoms with Crippen LogP contribution < -0.4 is 0 Å². The zero-order valence-corrected chi connectivity index (χ0v) is 14.3. The maximum atomic E-state index is 12.2. The molecule has 0 N–H and O–H groups in total. The molecule has 1 aromatic carbocycles. The van der Waals surface area contributed by atoms with E-state index in [9.17, 15) is 4.79 Å². The second kappa shape index (κ2) is 7.61. The highest BCUT2D eigenvalue weighted by Crippen LogP contribution is 2.24. The Hall–Kier alpha value is -1.33. The molecule has 0 atom stereocenters. The van der Waals surface area contributed by atoms with Crippen LogP contribution in [-0.2, 0) is 5.75 Å². The van der Waals surface area contributed by atoms with E-state index >= 15 is 0 Å². The summed E-state index contributed by atoms with van der Waals surface area (Å²) in [5.41, 5.74) is 1.87. The van der Waals surface area contributed by atoms with Crippen molar-refractivity contribution in [3.05, 3.63) is 45.9 Å². The Labute approximate surface area is 134 Å².